The zero-order valence-corrected chi connectivity index (χ0v) is 8.36. The first kappa shape index (κ1) is 10.7. The molecule has 76 valence electrons. The van der Waals surface area contributed by atoms with E-state index in [1.165, 1.54) is 0 Å². The van der Waals surface area contributed by atoms with Gasteiger partial charge in [-0.15, -0.1) is 5.10 Å². The third-order valence-electron chi connectivity index (χ3n) is 1.47. The number of hydrogen-bond donors (Lipinski definition) is 1. The van der Waals surface area contributed by atoms with Crippen molar-refractivity contribution in [3.63, 3.8) is 0 Å². The predicted octanol–water partition coefficient (Wildman–Crippen LogP) is 1.48. The van der Waals surface area contributed by atoms with Gasteiger partial charge in [-0.1, -0.05) is 12.2 Å². The van der Waals surface area contributed by atoms with E-state index in [1.54, 1.807) is 6.20 Å². The second kappa shape index (κ2) is 6.10. The van der Waals surface area contributed by atoms with Crippen LogP contribution in [0.4, 0.5) is 5.82 Å². The average Bonchev–Trinajstić information content (AvgIpc) is 2.18. The first-order valence-corrected chi connectivity index (χ1v) is 4.53. The van der Waals surface area contributed by atoms with E-state index < -0.39 is 0 Å². The summed E-state index contributed by atoms with van der Waals surface area (Å²) in [4.78, 5) is 0. The van der Waals surface area contributed by atoms with Crippen LogP contribution in [0.15, 0.2) is 30.5 Å². The van der Waals surface area contributed by atoms with Crippen molar-refractivity contribution in [1.82, 2.24) is 10.2 Å². The predicted molar refractivity (Wildman–Crippen MR) is 56.2 cm³/mol. The fourth-order valence-electron chi connectivity index (χ4n) is 0.893. The Morgan fingerprint density at radius 2 is 2.50 bits per heavy atom. The minimum atomic E-state index is 0.613. The summed E-state index contributed by atoms with van der Waals surface area (Å²) in [7, 11) is 0. The van der Waals surface area contributed by atoms with Crippen molar-refractivity contribution >= 4 is 5.82 Å². The highest BCUT2D eigenvalue weighted by Crippen LogP contribution is 1.96. The third-order valence-corrected chi connectivity index (χ3v) is 1.47. The van der Waals surface area contributed by atoms with Crippen molar-refractivity contribution in [2.45, 2.75) is 6.92 Å². The molecule has 1 aromatic heterocycles. The fourth-order valence-corrected chi connectivity index (χ4v) is 0.893. The van der Waals surface area contributed by atoms with Crippen molar-refractivity contribution in [3.8, 4) is 0 Å². The summed E-state index contributed by atoms with van der Waals surface area (Å²) in [5.74, 6) is 0.770. The molecule has 0 amide bonds. The minimum Gasteiger partial charge on any atom is -0.375 e. The number of anilines is 1. The van der Waals surface area contributed by atoms with Crippen LogP contribution in [0.1, 0.15) is 6.92 Å². The second-order valence-corrected chi connectivity index (χ2v) is 3.05. The Kier molecular flexibility index (Phi) is 4.64. The van der Waals surface area contributed by atoms with Gasteiger partial charge in [-0.3, -0.25) is 0 Å². The zero-order valence-electron chi connectivity index (χ0n) is 8.36. The van der Waals surface area contributed by atoms with Crippen LogP contribution in [0, 0.1) is 0 Å². The van der Waals surface area contributed by atoms with Crippen LogP contribution in [-0.4, -0.2) is 30.0 Å². The Bertz CT molecular complexity index is 274. The average molecular weight is 193 g/mol. The summed E-state index contributed by atoms with van der Waals surface area (Å²) in [6.07, 6.45) is 1.64. The molecule has 14 heavy (non-hydrogen) atoms. The van der Waals surface area contributed by atoms with Gasteiger partial charge in [0.25, 0.3) is 0 Å². The molecule has 0 saturated carbocycles. The molecule has 0 bridgehead atoms. The topological polar surface area (TPSA) is 47.0 Å². The van der Waals surface area contributed by atoms with E-state index in [2.05, 4.69) is 22.1 Å². The van der Waals surface area contributed by atoms with Gasteiger partial charge in [0.15, 0.2) is 0 Å². The maximum absolute atomic E-state index is 5.31. The maximum Gasteiger partial charge on any atom is 0.148 e. The van der Waals surface area contributed by atoms with Gasteiger partial charge >= 0.3 is 0 Å². The molecule has 4 heteroatoms. The summed E-state index contributed by atoms with van der Waals surface area (Å²) in [6.45, 7) is 7.67. The van der Waals surface area contributed by atoms with Crippen molar-refractivity contribution in [2.24, 2.45) is 0 Å². The molecule has 0 fully saturated rings. The van der Waals surface area contributed by atoms with Crippen LogP contribution in [0.3, 0.4) is 0 Å². The van der Waals surface area contributed by atoms with Gasteiger partial charge in [0.2, 0.25) is 0 Å². The second-order valence-electron chi connectivity index (χ2n) is 3.05. The van der Waals surface area contributed by atoms with Gasteiger partial charge in [0, 0.05) is 12.7 Å². The van der Waals surface area contributed by atoms with Crippen molar-refractivity contribution in [2.75, 3.05) is 25.1 Å². The summed E-state index contributed by atoms with van der Waals surface area (Å²) >= 11 is 0. The molecule has 0 saturated heterocycles. The largest absolute Gasteiger partial charge is 0.375 e. The molecule has 0 spiro atoms. The molecule has 0 aliphatic carbocycles. The van der Waals surface area contributed by atoms with E-state index in [4.69, 9.17) is 4.74 Å². The summed E-state index contributed by atoms with van der Waals surface area (Å²) in [6, 6.07) is 3.70. The summed E-state index contributed by atoms with van der Waals surface area (Å²) in [5, 5.41) is 10.7. The SMILES string of the molecule is C=C(C)COCCNc1cccnn1. The molecule has 1 aromatic rings. The van der Waals surface area contributed by atoms with E-state index in [0.29, 0.717) is 13.2 Å². The first-order chi connectivity index (χ1) is 6.79. The molecule has 0 aromatic carbocycles. The van der Waals surface area contributed by atoms with Crippen LogP contribution in [0.5, 0.6) is 0 Å². The molecular formula is C10H15N3O. The highest BCUT2D eigenvalue weighted by atomic mass is 16.5. The van der Waals surface area contributed by atoms with Crippen molar-refractivity contribution in [3.05, 3.63) is 30.5 Å². The molecule has 0 aliphatic heterocycles. The van der Waals surface area contributed by atoms with E-state index in [-0.39, 0.29) is 0 Å². The van der Waals surface area contributed by atoms with Gasteiger partial charge in [0.1, 0.15) is 5.82 Å². The van der Waals surface area contributed by atoms with E-state index in [0.717, 1.165) is 17.9 Å². The molecular weight excluding hydrogens is 178 g/mol. The number of aromatic nitrogens is 2. The lowest BCUT2D eigenvalue weighted by Crippen LogP contribution is -2.11. The molecule has 0 atom stereocenters. The van der Waals surface area contributed by atoms with E-state index in [9.17, 15) is 0 Å². The Morgan fingerprint density at radius 1 is 1.64 bits per heavy atom. The van der Waals surface area contributed by atoms with Crippen LogP contribution in [0.25, 0.3) is 0 Å². The van der Waals surface area contributed by atoms with Gasteiger partial charge in [0.05, 0.1) is 13.2 Å². The Hall–Kier alpha value is -1.42. The molecule has 1 heterocycles. The van der Waals surface area contributed by atoms with Gasteiger partial charge in [-0.25, -0.2) is 0 Å². The monoisotopic (exact) mass is 193 g/mol. The van der Waals surface area contributed by atoms with E-state index in [1.807, 2.05) is 19.1 Å². The number of ether oxygens (including phenoxy) is 1. The van der Waals surface area contributed by atoms with Crippen LogP contribution in [-0.2, 0) is 4.74 Å². The smallest absolute Gasteiger partial charge is 0.148 e. The third kappa shape index (κ3) is 4.57. The van der Waals surface area contributed by atoms with Crippen molar-refractivity contribution in [1.29, 1.82) is 0 Å². The molecule has 0 radical (unpaired) electrons. The molecule has 1 N–H and O–H groups in total. The lowest BCUT2D eigenvalue weighted by molar-refractivity contribution is 0.167. The lowest BCUT2D eigenvalue weighted by Gasteiger charge is -2.05. The molecule has 0 aliphatic rings. The highest BCUT2D eigenvalue weighted by Gasteiger charge is 1.91. The number of nitrogens with one attached hydrogen (secondary N) is 1. The Labute approximate surface area is 84.0 Å². The quantitative estimate of drug-likeness (QED) is 0.549. The summed E-state index contributed by atoms with van der Waals surface area (Å²) < 4.78 is 5.31. The van der Waals surface area contributed by atoms with Gasteiger partial charge < -0.3 is 10.1 Å². The number of rotatable bonds is 6. The lowest BCUT2D eigenvalue weighted by atomic mass is 10.4. The van der Waals surface area contributed by atoms with Crippen molar-refractivity contribution < 1.29 is 4.74 Å². The fraction of sp³-hybridized carbons (Fsp3) is 0.400. The number of hydrogen-bond acceptors (Lipinski definition) is 4. The van der Waals surface area contributed by atoms with Crippen LogP contribution in [0.2, 0.25) is 0 Å². The molecule has 1 rings (SSSR count). The van der Waals surface area contributed by atoms with Crippen LogP contribution >= 0.6 is 0 Å². The Balaban J connectivity index is 2.08. The Morgan fingerprint density at radius 3 is 3.14 bits per heavy atom. The minimum absolute atomic E-state index is 0.613. The van der Waals surface area contributed by atoms with E-state index >= 15 is 0 Å². The highest BCUT2D eigenvalue weighted by molar-refractivity contribution is 5.30. The normalized spacial score (nSPS) is 9.79. The molecule has 0 unspecified atom stereocenters. The summed E-state index contributed by atoms with van der Waals surface area (Å²) in [5.41, 5.74) is 1.03. The van der Waals surface area contributed by atoms with Crippen LogP contribution < -0.4 is 5.32 Å². The molecule has 4 nitrogen and oxygen atoms in total. The zero-order chi connectivity index (χ0) is 10.2. The van der Waals surface area contributed by atoms with Gasteiger partial charge in [-0.05, 0) is 19.1 Å². The van der Waals surface area contributed by atoms with Gasteiger partial charge in [-0.2, -0.15) is 5.10 Å². The standard InChI is InChI=1S/C10H15N3O/c1-9(2)8-14-7-6-11-10-4-3-5-12-13-10/h3-5H,1,6-8H2,2H3,(H,11,13). The number of nitrogens with zero attached hydrogens (tertiary/aromatic N) is 2. The maximum atomic E-state index is 5.31. The first-order valence-electron chi connectivity index (χ1n) is 4.53.